The van der Waals surface area contributed by atoms with Crippen molar-refractivity contribution in [3.05, 3.63) is 71.6 Å². The van der Waals surface area contributed by atoms with Gasteiger partial charge in [-0.3, -0.25) is 4.90 Å². The van der Waals surface area contributed by atoms with Crippen LogP contribution in [0.25, 0.3) is 0 Å². The van der Waals surface area contributed by atoms with E-state index in [2.05, 4.69) is 21.4 Å². The Morgan fingerprint density at radius 2 is 2.00 bits per heavy atom. The lowest BCUT2D eigenvalue weighted by atomic mass is 9.90. The summed E-state index contributed by atoms with van der Waals surface area (Å²) in [6, 6.07) is 10.2. The number of aromatic nitrogens is 2. The number of hydrogen-bond donors (Lipinski definition) is 2. The Hall–Kier alpha value is -3.14. The molecule has 2 N–H and O–H groups in total. The zero-order valence-electron chi connectivity index (χ0n) is 21.7. The van der Waals surface area contributed by atoms with Gasteiger partial charge in [0.15, 0.2) is 11.5 Å². The molecule has 1 fully saturated rings. The van der Waals surface area contributed by atoms with E-state index in [0.717, 1.165) is 17.8 Å². The second-order valence-corrected chi connectivity index (χ2v) is 9.54. The maximum absolute atomic E-state index is 13.6. The first-order valence-electron chi connectivity index (χ1n) is 12.6. The van der Waals surface area contributed by atoms with Crippen molar-refractivity contribution in [1.29, 1.82) is 0 Å². The van der Waals surface area contributed by atoms with Crippen molar-refractivity contribution in [1.82, 2.24) is 14.5 Å². The number of hydrogen-bond acceptors (Lipinski definition) is 7. The lowest BCUT2D eigenvalue weighted by Gasteiger charge is -2.42. The highest BCUT2D eigenvalue weighted by molar-refractivity contribution is 5.43. The van der Waals surface area contributed by atoms with E-state index in [1.165, 1.54) is 12.1 Å². The van der Waals surface area contributed by atoms with Gasteiger partial charge < -0.3 is 29.0 Å². The molecule has 0 unspecified atom stereocenters. The largest absolute Gasteiger partial charge is 0.493 e. The Bertz CT molecular complexity index is 1190. The van der Waals surface area contributed by atoms with Gasteiger partial charge in [-0.15, -0.1) is 0 Å². The van der Waals surface area contributed by atoms with Gasteiger partial charge in [0, 0.05) is 38.4 Å². The fourth-order valence-corrected chi connectivity index (χ4v) is 4.64. The molecule has 4 rings (SSSR count). The fraction of sp³-hybridized carbons (Fsp3) is 0.464. The van der Waals surface area contributed by atoms with E-state index in [9.17, 15) is 14.6 Å². The van der Waals surface area contributed by atoms with E-state index in [0.29, 0.717) is 55.5 Å². The zero-order chi connectivity index (χ0) is 26.4. The summed E-state index contributed by atoms with van der Waals surface area (Å²) >= 11 is 0. The van der Waals surface area contributed by atoms with Gasteiger partial charge in [0.2, 0.25) is 0 Å². The number of benzene rings is 2. The summed E-state index contributed by atoms with van der Waals surface area (Å²) in [6.07, 6.45) is 4.09. The number of ether oxygens (including phenoxy) is 3. The van der Waals surface area contributed by atoms with E-state index in [4.69, 9.17) is 14.2 Å². The van der Waals surface area contributed by atoms with Crippen molar-refractivity contribution in [3.8, 4) is 17.2 Å². The molecule has 2 aromatic carbocycles. The molecule has 0 radical (unpaired) electrons. The number of likely N-dealkylation sites (tertiary alicyclic amines) is 1. The molecule has 2 atom stereocenters. The van der Waals surface area contributed by atoms with Crippen molar-refractivity contribution in [2.45, 2.75) is 51.5 Å². The molecule has 37 heavy (non-hydrogen) atoms. The van der Waals surface area contributed by atoms with Gasteiger partial charge in [-0.1, -0.05) is 13.0 Å². The molecule has 1 aromatic heterocycles. The second kappa shape index (κ2) is 11.9. The number of halogens is 1. The van der Waals surface area contributed by atoms with Crippen molar-refractivity contribution in [2.24, 2.45) is 0 Å². The smallest absolute Gasteiger partial charge is 0.161 e. The van der Waals surface area contributed by atoms with Crippen molar-refractivity contribution in [3.63, 3.8) is 0 Å². The second-order valence-electron chi connectivity index (χ2n) is 9.54. The van der Waals surface area contributed by atoms with Crippen LogP contribution in [0.3, 0.4) is 0 Å². The number of imidazole rings is 1. The van der Waals surface area contributed by atoms with Gasteiger partial charge in [-0.05, 0) is 54.8 Å². The van der Waals surface area contributed by atoms with E-state index >= 15 is 0 Å². The molecule has 0 bridgehead atoms. The minimum absolute atomic E-state index is 0.0965. The average Bonchev–Trinajstić information content (AvgIpc) is 3.35. The summed E-state index contributed by atoms with van der Waals surface area (Å²) in [5.41, 5.74) is 0.0128. The summed E-state index contributed by atoms with van der Waals surface area (Å²) in [7, 11) is 1.61. The van der Waals surface area contributed by atoms with Crippen LogP contribution >= 0.6 is 0 Å². The average molecular weight is 514 g/mol. The molecule has 1 saturated heterocycles. The summed E-state index contributed by atoms with van der Waals surface area (Å²) in [6.45, 7) is 6.20. The number of aliphatic hydroxyl groups excluding tert-OH is 1. The summed E-state index contributed by atoms with van der Waals surface area (Å²) in [5, 5.41) is 21.8. The molecule has 200 valence electrons. The van der Waals surface area contributed by atoms with Crippen LogP contribution in [0.2, 0.25) is 0 Å². The van der Waals surface area contributed by atoms with E-state index < -0.39 is 11.7 Å². The first-order chi connectivity index (χ1) is 17.8. The predicted molar refractivity (Wildman–Crippen MR) is 138 cm³/mol. The number of rotatable bonds is 11. The Balaban J connectivity index is 1.38. The molecule has 0 spiro atoms. The Labute approximate surface area is 217 Å². The highest BCUT2D eigenvalue weighted by Crippen LogP contribution is 2.30. The summed E-state index contributed by atoms with van der Waals surface area (Å²) in [4.78, 5) is 6.42. The number of methoxy groups -OCH3 is 1. The van der Waals surface area contributed by atoms with Crippen molar-refractivity contribution >= 4 is 0 Å². The maximum Gasteiger partial charge on any atom is 0.161 e. The summed E-state index contributed by atoms with van der Waals surface area (Å²) < 4.78 is 32.9. The van der Waals surface area contributed by atoms with Crippen LogP contribution in [0, 0.1) is 12.7 Å². The van der Waals surface area contributed by atoms with Gasteiger partial charge in [0.25, 0.3) is 0 Å². The molecule has 1 aliphatic rings. The first kappa shape index (κ1) is 26.9. The molecule has 2 heterocycles. The van der Waals surface area contributed by atoms with Crippen molar-refractivity contribution in [2.75, 3.05) is 33.4 Å². The van der Waals surface area contributed by atoms with Gasteiger partial charge in [-0.25, -0.2) is 9.37 Å². The van der Waals surface area contributed by atoms with Gasteiger partial charge in [0.1, 0.15) is 36.2 Å². The third kappa shape index (κ3) is 6.60. The zero-order valence-corrected chi connectivity index (χ0v) is 21.7. The number of β-amino-alcohol motifs (C(OH)–C–C–N with tert-alkyl or cyclic N) is 1. The standard InChI is InChI=1S/C28H36FN3O5/c1-4-27-30-10-12-32(27)13-14-36-25-16-21(5-8-24(25)35-3)17-31-11-9-26(33)28(34,18-31)19-37-22-6-7-23(29)20(2)15-22/h5-8,10,12,15-16,26,33-34H,4,9,11,13-14,17-19H2,1-3H3/t26-,28-/m0/s1. The molecule has 9 heteroatoms. The number of nitrogens with zero attached hydrogens (tertiary/aromatic N) is 3. The minimum atomic E-state index is -1.45. The minimum Gasteiger partial charge on any atom is -0.493 e. The molecule has 8 nitrogen and oxygen atoms in total. The molecule has 1 aliphatic heterocycles. The molecule has 0 saturated carbocycles. The third-order valence-corrected chi connectivity index (χ3v) is 6.80. The molecular formula is C28H36FN3O5. The lowest BCUT2D eigenvalue weighted by molar-refractivity contribution is -0.140. The van der Waals surface area contributed by atoms with Gasteiger partial charge >= 0.3 is 0 Å². The van der Waals surface area contributed by atoms with Crippen molar-refractivity contribution < 1.29 is 28.8 Å². The van der Waals surface area contributed by atoms with E-state index in [1.54, 1.807) is 26.3 Å². The summed E-state index contributed by atoms with van der Waals surface area (Å²) in [5.74, 6) is 2.46. The quantitative estimate of drug-likeness (QED) is 0.407. The molecule has 3 aromatic rings. The monoisotopic (exact) mass is 513 g/mol. The van der Waals surface area contributed by atoms with Gasteiger partial charge in [-0.2, -0.15) is 0 Å². The normalized spacial score (nSPS) is 20.1. The highest BCUT2D eigenvalue weighted by Gasteiger charge is 2.42. The SMILES string of the molecule is CCc1nccn1CCOc1cc(CN2CC[C@H](O)[C@@](O)(COc3ccc(F)c(C)c3)C2)ccc1OC. The Morgan fingerprint density at radius 1 is 1.16 bits per heavy atom. The Kier molecular flexibility index (Phi) is 8.68. The predicted octanol–water partition coefficient (Wildman–Crippen LogP) is 3.36. The first-order valence-corrected chi connectivity index (χ1v) is 12.6. The van der Waals surface area contributed by atoms with E-state index in [-0.39, 0.29) is 19.0 Å². The van der Waals surface area contributed by atoms with Crippen LogP contribution in [0.4, 0.5) is 4.39 Å². The molecule has 0 aliphatic carbocycles. The molecule has 0 amide bonds. The fourth-order valence-electron chi connectivity index (χ4n) is 4.64. The van der Waals surface area contributed by atoms with Crippen LogP contribution in [-0.4, -0.2) is 69.8 Å². The Morgan fingerprint density at radius 3 is 2.76 bits per heavy atom. The highest BCUT2D eigenvalue weighted by atomic mass is 19.1. The van der Waals surface area contributed by atoms with E-state index in [1.807, 2.05) is 24.4 Å². The van der Waals surface area contributed by atoms with Crippen LogP contribution in [0.5, 0.6) is 17.2 Å². The number of piperidine rings is 1. The van der Waals surface area contributed by atoms with Gasteiger partial charge in [0.05, 0.1) is 19.8 Å². The van der Waals surface area contributed by atoms with Crippen LogP contribution < -0.4 is 14.2 Å². The number of aliphatic hydroxyl groups is 2. The lowest BCUT2D eigenvalue weighted by Crippen LogP contribution is -2.59. The van der Waals surface area contributed by atoms with Crippen LogP contribution in [-0.2, 0) is 19.5 Å². The van der Waals surface area contributed by atoms with Crippen LogP contribution in [0.1, 0.15) is 30.3 Å². The molecular weight excluding hydrogens is 477 g/mol. The topological polar surface area (TPSA) is 89.2 Å². The number of aryl methyl sites for hydroxylation is 2. The maximum atomic E-state index is 13.6. The van der Waals surface area contributed by atoms with Crippen LogP contribution in [0.15, 0.2) is 48.8 Å². The third-order valence-electron chi connectivity index (χ3n) is 6.80.